The summed E-state index contributed by atoms with van der Waals surface area (Å²) in [5.74, 6) is 0. The van der Waals surface area contributed by atoms with Gasteiger partial charge >= 0.3 is 55.1 Å². The summed E-state index contributed by atoms with van der Waals surface area (Å²) < 4.78 is 0. The first-order valence-corrected chi connectivity index (χ1v) is 0.612. The summed E-state index contributed by atoms with van der Waals surface area (Å²) in [6.07, 6.45) is -2.33. The second kappa shape index (κ2) is 36.3. The van der Waals surface area contributed by atoms with E-state index in [0.717, 1.165) is 0 Å². The molecule has 0 spiro atoms. The van der Waals surface area contributed by atoms with Gasteiger partial charge in [0.1, 0.15) is 0 Å². The zero-order chi connectivity index (χ0) is 3.58. The van der Waals surface area contributed by atoms with Crippen LogP contribution in [0.2, 0.25) is 0 Å². The van der Waals surface area contributed by atoms with E-state index in [9.17, 15) is 0 Å². The molecular formula is CH6AlCaO6+3. The van der Waals surface area contributed by atoms with Gasteiger partial charge in [0.05, 0.1) is 0 Å². The molecule has 0 aliphatic carbocycles. The topological polar surface area (TPSA) is 158 Å². The zero-order valence-electron chi connectivity index (χ0n) is 4.51. The Bertz CT molecular complexity index is 36.0. The van der Waals surface area contributed by atoms with Crippen molar-refractivity contribution in [3.8, 4) is 0 Å². The molecule has 8 heteroatoms. The molecule has 0 aromatic carbocycles. The molecule has 48 valence electrons. The third-order valence-corrected chi connectivity index (χ3v) is 0. The van der Waals surface area contributed by atoms with Crippen molar-refractivity contribution in [3.05, 3.63) is 0 Å². The van der Waals surface area contributed by atoms with Gasteiger partial charge in [0.15, 0.2) is 0 Å². The second-order valence-electron chi connectivity index (χ2n) is 0.250. The Morgan fingerprint density at radius 3 is 1.00 bits per heavy atom. The Kier molecular flexibility index (Phi) is 206. The van der Waals surface area contributed by atoms with Crippen molar-refractivity contribution >= 4 is 61.3 Å². The van der Waals surface area contributed by atoms with E-state index in [0.29, 0.717) is 0 Å². The van der Waals surface area contributed by atoms with Gasteiger partial charge in [0.2, 0.25) is 0 Å². The summed E-state index contributed by atoms with van der Waals surface area (Å²) in [6.45, 7) is 0. The fraction of sp³-hybridized carbons (Fsp3) is 0. The van der Waals surface area contributed by atoms with Crippen molar-refractivity contribution < 1.29 is 31.4 Å². The largest absolute Gasteiger partial charge is 3.00 e. The minimum Gasteiger partial charge on any atom is -0.652 e. The molecule has 0 saturated heterocycles. The minimum atomic E-state index is -2.33. The van der Waals surface area contributed by atoms with Crippen LogP contribution in [0.4, 0.5) is 4.79 Å². The molecule has 6 N–H and O–H groups in total. The molecule has 0 aromatic rings. The average molecular weight is 181 g/mol. The maximum absolute atomic E-state index is 8.33. The van der Waals surface area contributed by atoms with Gasteiger partial charge < -0.3 is 31.4 Å². The van der Waals surface area contributed by atoms with Crippen LogP contribution in [-0.4, -0.2) is 77.7 Å². The van der Waals surface area contributed by atoms with Crippen LogP contribution in [0.5, 0.6) is 0 Å². The molecule has 0 amide bonds. The van der Waals surface area contributed by atoms with Crippen LogP contribution < -0.4 is 10.2 Å². The predicted octanol–water partition coefficient (Wildman–Crippen LogP) is -5.68. The fourth-order valence-corrected chi connectivity index (χ4v) is 0. The first-order valence-electron chi connectivity index (χ1n) is 0.612. The van der Waals surface area contributed by atoms with Crippen LogP contribution in [0, 0.1) is 0 Å². The van der Waals surface area contributed by atoms with Gasteiger partial charge in [-0.15, -0.1) is 0 Å². The average Bonchev–Trinajstić information content (AvgIpc) is 0.811. The molecule has 0 saturated carbocycles. The molecule has 0 radical (unpaired) electrons. The second-order valence-corrected chi connectivity index (χ2v) is 0.250. The molecule has 9 heavy (non-hydrogen) atoms. The molecule has 0 aliphatic heterocycles. The van der Waals surface area contributed by atoms with Crippen LogP contribution in [0.1, 0.15) is 0 Å². The summed E-state index contributed by atoms with van der Waals surface area (Å²) >= 11 is 0. The predicted molar refractivity (Wildman–Crippen MR) is 27.7 cm³/mol. The quantitative estimate of drug-likeness (QED) is 0.341. The monoisotopic (exact) mass is 181 g/mol. The van der Waals surface area contributed by atoms with Crippen molar-refractivity contribution in [1.29, 1.82) is 0 Å². The number of carbonyl (C=O) groups is 1. The van der Waals surface area contributed by atoms with Gasteiger partial charge in [-0.1, -0.05) is 0 Å². The summed E-state index contributed by atoms with van der Waals surface area (Å²) in [5.41, 5.74) is 0. The van der Waals surface area contributed by atoms with E-state index in [1.165, 1.54) is 0 Å². The van der Waals surface area contributed by atoms with Crippen LogP contribution in [0.25, 0.3) is 0 Å². The maximum Gasteiger partial charge on any atom is 3.00 e. The first-order chi connectivity index (χ1) is 1.73. The van der Waals surface area contributed by atoms with Gasteiger partial charge in [-0.2, -0.15) is 0 Å². The number of rotatable bonds is 0. The zero-order valence-corrected chi connectivity index (χ0v) is 7.87. The van der Waals surface area contributed by atoms with Crippen LogP contribution >= 0.6 is 0 Å². The fourth-order valence-electron chi connectivity index (χ4n) is 0. The van der Waals surface area contributed by atoms with Crippen molar-refractivity contribution in [2.75, 3.05) is 0 Å². The molecule has 0 aromatic heterocycles. The molecule has 0 unspecified atom stereocenters. The number of carboxylic acid groups (broad SMARTS) is 2. The van der Waals surface area contributed by atoms with Crippen LogP contribution in [0.15, 0.2) is 0 Å². The molecule has 0 fully saturated rings. The number of hydrogen-bond donors (Lipinski definition) is 0. The van der Waals surface area contributed by atoms with E-state index in [1.54, 1.807) is 0 Å². The Morgan fingerprint density at radius 1 is 1.00 bits per heavy atom. The van der Waals surface area contributed by atoms with Crippen molar-refractivity contribution in [3.63, 3.8) is 0 Å². The normalized spacial score (nSPS) is 2.67. The molecule has 0 atom stereocenters. The van der Waals surface area contributed by atoms with Gasteiger partial charge in [-0.25, -0.2) is 0 Å². The SMILES string of the molecule is O.O.O.O=C([O-])[O-].[Al+3].[Ca+2]. The standard InChI is InChI=1S/CH2O3.Al.Ca.3H2O/c2-1(3)4;;;;;/h(H2,2,3,4);;;3*1H2/q;+3;+2;;;/p-2. The maximum atomic E-state index is 8.33. The minimum absolute atomic E-state index is 0. The molecule has 0 bridgehead atoms. The number of carbonyl (C=O) groups excluding carboxylic acids is 1. The van der Waals surface area contributed by atoms with E-state index in [1.807, 2.05) is 0 Å². The van der Waals surface area contributed by atoms with Crippen LogP contribution in [-0.2, 0) is 0 Å². The van der Waals surface area contributed by atoms with E-state index in [4.69, 9.17) is 15.0 Å². The Morgan fingerprint density at radius 2 is 1.00 bits per heavy atom. The van der Waals surface area contributed by atoms with E-state index in [2.05, 4.69) is 0 Å². The van der Waals surface area contributed by atoms with E-state index < -0.39 is 6.16 Å². The Balaban J connectivity index is -0.00000000450. The first kappa shape index (κ1) is 51.2. The summed E-state index contributed by atoms with van der Waals surface area (Å²) in [4.78, 5) is 8.33. The summed E-state index contributed by atoms with van der Waals surface area (Å²) in [7, 11) is 0. The van der Waals surface area contributed by atoms with Gasteiger partial charge in [0, 0.05) is 0 Å². The van der Waals surface area contributed by atoms with E-state index in [-0.39, 0.29) is 71.5 Å². The number of hydrogen-bond acceptors (Lipinski definition) is 3. The summed E-state index contributed by atoms with van der Waals surface area (Å²) in [6, 6.07) is 0. The van der Waals surface area contributed by atoms with Crippen molar-refractivity contribution in [1.82, 2.24) is 0 Å². The third-order valence-electron chi connectivity index (χ3n) is 0. The molecule has 0 aliphatic rings. The van der Waals surface area contributed by atoms with E-state index >= 15 is 0 Å². The van der Waals surface area contributed by atoms with Gasteiger partial charge in [0.25, 0.3) is 0 Å². The smallest absolute Gasteiger partial charge is 0.652 e. The molecule has 0 rings (SSSR count). The molecule has 6 nitrogen and oxygen atoms in total. The summed E-state index contributed by atoms with van der Waals surface area (Å²) in [5, 5.41) is 16.7. The van der Waals surface area contributed by atoms with Crippen molar-refractivity contribution in [2.24, 2.45) is 0 Å². The Hall–Kier alpha value is 0.942. The Labute approximate surface area is 91.9 Å². The van der Waals surface area contributed by atoms with Gasteiger partial charge in [-0.3, -0.25) is 0 Å². The van der Waals surface area contributed by atoms with Crippen molar-refractivity contribution in [2.45, 2.75) is 0 Å². The third kappa shape index (κ3) is 485. The molecule has 0 heterocycles. The van der Waals surface area contributed by atoms with Crippen LogP contribution in [0.3, 0.4) is 0 Å². The van der Waals surface area contributed by atoms with Gasteiger partial charge in [-0.05, 0) is 6.16 Å². The molecular weight excluding hydrogens is 175 g/mol.